The number of rotatable bonds is 8. The van der Waals surface area contributed by atoms with Crippen molar-refractivity contribution in [3.05, 3.63) is 63.5 Å². The molecule has 5 nitrogen and oxygen atoms in total. The lowest BCUT2D eigenvalue weighted by Crippen LogP contribution is -2.17. The van der Waals surface area contributed by atoms with Gasteiger partial charge in [0.25, 0.3) is 11.1 Å². The quantitative estimate of drug-likeness (QED) is 0.433. The van der Waals surface area contributed by atoms with Crippen molar-refractivity contribution >= 4 is 40.6 Å². The molecule has 1 aliphatic rings. The molecule has 0 bridgehead atoms. The number of nitrogens with one attached hydrogen (secondary N) is 1. The zero-order chi connectivity index (χ0) is 20.8. The summed E-state index contributed by atoms with van der Waals surface area (Å²) in [5.41, 5.74) is 1.92. The van der Waals surface area contributed by atoms with Gasteiger partial charge in [-0.1, -0.05) is 37.6 Å². The van der Waals surface area contributed by atoms with Crippen molar-refractivity contribution in [3.63, 3.8) is 0 Å². The summed E-state index contributed by atoms with van der Waals surface area (Å²) in [6.45, 7) is 5.06. The number of amides is 2. The average Bonchev–Trinajstić information content (AvgIpc) is 3.03. The Bertz CT molecular complexity index is 927. The van der Waals surface area contributed by atoms with Crippen molar-refractivity contribution in [2.75, 3.05) is 13.2 Å². The first-order chi connectivity index (χ1) is 14.0. The average molecular weight is 432 g/mol. The van der Waals surface area contributed by atoms with Crippen LogP contribution in [0.25, 0.3) is 6.08 Å². The van der Waals surface area contributed by atoms with E-state index in [4.69, 9.17) is 21.1 Å². The fourth-order valence-corrected chi connectivity index (χ4v) is 3.62. The van der Waals surface area contributed by atoms with Crippen LogP contribution in [-0.4, -0.2) is 24.4 Å². The molecule has 1 N–H and O–H groups in total. The number of ether oxygens (including phenoxy) is 2. The maximum atomic E-state index is 11.8. The highest BCUT2D eigenvalue weighted by molar-refractivity contribution is 8.18. The van der Waals surface area contributed by atoms with Crippen LogP contribution in [0.3, 0.4) is 0 Å². The van der Waals surface area contributed by atoms with E-state index in [2.05, 4.69) is 31.3 Å². The first-order valence-corrected chi connectivity index (χ1v) is 10.6. The second kappa shape index (κ2) is 9.85. The fourth-order valence-electron chi connectivity index (χ4n) is 2.77. The van der Waals surface area contributed by atoms with Crippen LogP contribution in [0.1, 0.15) is 37.3 Å². The second-order valence-electron chi connectivity index (χ2n) is 6.61. The highest BCUT2D eigenvalue weighted by Crippen LogP contribution is 2.31. The van der Waals surface area contributed by atoms with E-state index < -0.39 is 11.1 Å². The topological polar surface area (TPSA) is 64.6 Å². The molecule has 0 spiro atoms. The van der Waals surface area contributed by atoms with Crippen LogP contribution >= 0.6 is 23.4 Å². The molecule has 1 saturated heterocycles. The lowest BCUT2D eigenvalue weighted by atomic mass is 9.99. The Morgan fingerprint density at radius 2 is 1.83 bits per heavy atom. The van der Waals surface area contributed by atoms with Crippen LogP contribution in [0.4, 0.5) is 4.79 Å². The number of carbonyl (C=O) groups is 2. The third-order valence-corrected chi connectivity index (χ3v) is 5.62. The molecule has 0 aliphatic carbocycles. The standard InChI is InChI=1S/C22H22ClNO4S/c1-3-14(2)15-4-7-18(8-5-15)27-10-11-28-19-9-6-17(23)12-16(19)13-20-21(25)24-22(26)29-20/h4-9,12-14H,3,10-11H2,1-2H3,(H,24,25,26)/b20-13-/t14-/m1/s1. The van der Waals surface area contributed by atoms with Crippen LogP contribution < -0.4 is 14.8 Å². The molecule has 2 aromatic carbocycles. The SMILES string of the molecule is CC[C@@H](C)c1ccc(OCCOc2ccc(Cl)cc2/C=C2\SC(=O)NC2=O)cc1. The van der Waals surface area contributed by atoms with Gasteiger partial charge in [-0.3, -0.25) is 14.9 Å². The van der Waals surface area contributed by atoms with Crippen molar-refractivity contribution < 1.29 is 19.1 Å². The minimum absolute atomic E-state index is 0.305. The zero-order valence-electron chi connectivity index (χ0n) is 16.2. The summed E-state index contributed by atoms with van der Waals surface area (Å²) < 4.78 is 11.6. The van der Waals surface area contributed by atoms with Gasteiger partial charge in [-0.15, -0.1) is 0 Å². The van der Waals surface area contributed by atoms with Crippen molar-refractivity contribution in [2.45, 2.75) is 26.2 Å². The van der Waals surface area contributed by atoms with Crippen LogP contribution in [0, 0.1) is 0 Å². The van der Waals surface area contributed by atoms with Gasteiger partial charge in [0.2, 0.25) is 0 Å². The molecular weight excluding hydrogens is 410 g/mol. The minimum atomic E-state index is -0.421. The lowest BCUT2D eigenvalue weighted by Gasteiger charge is -2.12. The number of halogens is 1. The highest BCUT2D eigenvalue weighted by Gasteiger charge is 2.25. The number of thioether (sulfide) groups is 1. The number of benzene rings is 2. The molecule has 1 aliphatic heterocycles. The zero-order valence-corrected chi connectivity index (χ0v) is 17.8. The van der Waals surface area contributed by atoms with E-state index in [1.807, 2.05) is 12.1 Å². The molecule has 0 radical (unpaired) electrons. The van der Waals surface area contributed by atoms with E-state index in [-0.39, 0.29) is 0 Å². The monoisotopic (exact) mass is 431 g/mol. The van der Waals surface area contributed by atoms with Gasteiger partial charge < -0.3 is 9.47 Å². The minimum Gasteiger partial charge on any atom is -0.490 e. The largest absolute Gasteiger partial charge is 0.490 e. The molecule has 152 valence electrons. The van der Waals surface area contributed by atoms with Crippen LogP contribution in [-0.2, 0) is 4.79 Å². The summed E-state index contributed by atoms with van der Waals surface area (Å²) in [6.07, 6.45) is 2.70. The van der Waals surface area contributed by atoms with Crippen LogP contribution in [0.5, 0.6) is 11.5 Å². The summed E-state index contributed by atoms with van der Waals surface area (Å²) in [5, 5.41) is 2.35. The maximum absolute atomic E-state index is 11.8. The Labute approximate surface area is 179 Å². The molecule has 0 aromatic heterocycles. The van der Waals surface area contributed by atoms with Gasteiger partial charge in [0, 0.05) is 10.6 Å². The lowest BCUT2D eigenvalue weighted by molar-refractivity contribution is -0.115. The molecule has 29 heavy (non-hydrogen) atoms. The smallest absolute Gasteiger partial charge is 0.290 e. The summed E-state index contributed by atoms with van der Waals surface area (Å²) in [6, 6.07) is 13.2. The third kappa shape index (κ3) is 5.78. The van der Waals surface area contributed by atoms with E-state index in [1.54, 1.807) is 24.3 Å². The van der Waals surface area contributed by atoms with Gasteiger partial charge in [-0.05, 0) is 66.1 Å². The van der Waals surface area contributed by atoms with Crippen LogP contribution in [0.15, 0.2) is 47.4 Å². The van der Waals surface area contributed by atoms with Crippen molar-refractivity contribution in [2.24, 2.45) is 0 Å². The number of carbonyl (C=O) groups excluding carboxylic acids is 2. The Hall–Kier alpha value is -2.44. The normalized spacial score (nSPS) is 16.0. The Morgan fingerprint density at radius 1 is 1.10 bits per heavy atom. The van der Waals surface area contributed by atoms with Gasteiger partial charge in [0.15, 0.2) is 0 Å². The summed E-state index contributed by atoms with van der Waals surface area (Å²) >= 11 is 6.92. The van der Waals surface area contributed by atoms with Gasteiger partial charge in [0.1, 0.15) is 24.7 Å². The summed E-state index contributed by atoms with van der Waals surface area (Å²) in [4.78, 5) is 23.4. The van der Waals surface area contributed by atoms with Gasteiger partial charge in [0.05, 0.1) is 4.91 Å². The van der Waals surface area contributed by atoms with E-state index in [9.17, 15) is 9.59 Å². The molecule has 2 amide bonds. The molecule has 1 fully saturated rings. The van der Waals surface area contributed by atoms with Crippen molar-refractivity contribution in [1.82, 2.24) is 5.32 Å². The van der Waals surface area contributed by atoms with E-state index >= 15 is 0 Å². The third-order valence-electron chi connectivity index (χ3n) is 4.57. The summed E-state index contributed by atoms with van der Waals surface area (Å²) in [5.74, 6) is 1.46. The Kier molecular flexibility index (Phi) is 7.23. The molecule has 1 atom stereocenters. The predicted octanol–water partition coefficient (Wildman–Crippen LogP) is 5.64. The maximum Gasteiger partial charge on any atom is 0.290 e. The fraction of sp³-hybridized carbons (Fsp3) is 0.273. The molecule has 1 heterocycles. The highest BCUT2D eigenvalue weighted by atomic mass is 35.5. The molecule has 0 saturated carbocycles. The van der Waals surface area contributed by atoms with Crippen molar-refractivity contribution in [3.8, 4) is 11.5 Å². The molecule has 0 unspecified atom stereocenters. The number of hydrogen-bond acceptors (Lipinski definition) is 5. The van der Waals surface area contributed by atoms with E-state index in [0.29, 0.717) is 40.4 Å². The first-order valence-electron chi connectivity index (χ1n) is 9.36. The number of imide groups is 1. The molecule has 2 aromatic rings. The first kappa shape index (κ1) is 21.3. The van der Waals surface area contributed by atoms with E-state index in [1.165, 1.54) is 5.56 Å². The van der Waals surface area contributed by atoms with E-state index in [0.717, 1.165) is 23.9 Å². The van der Waals surface area contributed by atoms with Gasteiger partial charge >= 0.3 is 0 Å². The Morgan fingerprint density at radius 3 is 2.48 bits per heavy atom. The summed E-state index contributed by atoms with van der Waals surface area (Å²) in [7, 11) is 0. The molecule has 3 rings (SSSR count). The number of hydrogen-bond donors (Lipinski definition) is 1. The predicted molar refractivity (Wildman–Crippen MR) is 117 cm³/mol. The van der Waals surface area contributed by atoms with Crippen LogP contribution in [0.2, 0.25) is 5.02 Å². The van der Waals surface area contributed by atoms with Gasteiger partial charge in [-0.2, -0.15) is 0 Å². The molecular formula is C22H22ClNO4S. The Balaban J connectivity index is 1.59. The molecule has 7 heteroatoms. The van der Waals surface area contributed by atoms with Crippen molar-refractivity contribution in [1.29, 1.82) is 0 Å². The van der Waals surface area contributed by atoms with Gasteiger partial charge in [-0.25, -0.2) is 0 Å². The second-order valence-corrected chi connectivity index (χ2v) is 8.06.